The molecule has 0 aliphatic carbocycles. The van der Waals surface area contributed by atoms with Gasteiger partial charge in [-0.1, -0.05) is 43.1 Å². The third-order valence-electron chi connectivity index (χ3n) is 3.70. The molecule has 0 fully saturated rings. The molecule has 0 aliphatic heterocycles. The van der Waals surface area contributed by atoms with Crippen molar-refractivity contribution in [3.63, 3.8) is 0 Å². The van der Waals surface area contributed by atoms with Gasteiger partial charge in [-0.15, -0.1) is 0 Å². The summed E-state index contributed by atoms with van der Waals surface area (Å²) < 4.78 is 0.970. The summed E-state index contributed by atoms with van der Waals surface area (Å²) in [5, 5.41) is 25.9. The van der Waals surface area contributed by atoms with Crippen LogP contribution in [0.15, 0.2) is 23.0 Å². The Morgan fingerprint density at radius 1 is 1.26 bits per heavy atom. The van der Waals surface area contributed by atoms with Gasteiger partial charge < -0.3 is 15.5 Å². The highest BCUT2D eigenvalue weighted by molar-refractivity contribution is 6.35. The van der Waals surface area contributed by atoms with E-state index in [1.807, 2.05) is 0 Å². The number of aromatic nitrogens is 2. The number of aliphatic carboxylic acids is 1. The lowest BCUT2D eigenvalue weighted by molar-refractivity contribution is -0.135. The van der Waals surface area contributed by atoms with Crippen molar-refractivity contribution in [3.8, 4) is 5.75 Å². The van der Waals surface area contributed by atoms with Crippen LogP contribution in [0.1, 0.15) is 41.4 Å². The molecule has 1 aromatic heterocycles. The molecule has 10 heteroatoms. The van der Waals surface area contributed by atoms with Crippen molar-refractivity contribution in [3.05, 3.63) is 55.4 Å². The lowest BCUT2D eigenvalue weighted by atomic mass is 10.1. The van der Waals surface area contributed by atoms with E-state index in [0.717, 1.165) is 4.68 Å². The Labute approximate surface area is 164 Å². The number of nitrogens with one attached hydrogen (secondary N) is 1. The number of carboxylic acids is 1. The topological polar surface area (TPSA) is 122 Å². The largest absolute Gasteiger partial charge is 0.505 e. The molecule has 8 nitrogen and oxygen atoms in total. The first-order valence-corrected chi connectivity index (χ1v) is 8.65. The second kappa shape index (κ2) is 8.41. The molecule has 0 saturated heterocycles. The van der Waals surface area contributed by atoms with E-state index in [0.29, 0.717) is 15.6 Å². The minimum atomic E-state index is -1.29. The van der Waals surface area contributed by atoms with Gasteiger partial charge in [0, 0.05) is 21.5 Å². The number of carboxylic acid groups (broad SMARTS) is 1. The summed E-state index contributed by atoms with van der Waals surface area (Å²) in [5.74, 6) is -3.20. The van der Waals surface area contributed by atoms with Gasteiger partial charge >= 0.3 is 5.97 Å². The highest BCUT2D eigenvalue weighted by atomic mass is 35.5. The van der Waals surface area contributed by atoms with Crippen LogP contribution >= 0.6 is 23.2 Å². The molecular weight excluding hydrogens is 397 g/mol. The first-order chi connectivity index (χ1) is 12.6. The number of carbonyl (C=O) groups excluding carboxylic acids is 1. The molecule has 144 valence electrons. The minimum Gasteiger partial charge on any atom is -0.505 e. The summed E-state index contributed by atoms with van der Waals surface area (Å²) in [5.41, 5.74) is -0.945. The van der Waals surface area contributed by atoms with Crippen molar-refractivity contribution in [1.82, 2.24) is 15.1 Å². The molecule has 1 amide bonds. The molecule has 0 aliphatic rings. The van der Waals surface area contributed by atoms with Crippen LogP contribution in [0.3, 0.4) is 0 Å². The summed E-state index contributed by atoms with van der Waals surface area (Å²) in [6.07, 6.45) is 0. The van der Waals surface area contributed by atoms with Crippen molar-refractivity contribution in [2.75, 3.05) is 6.54 Å². The number of hydrogen-bond acceptors (Lipinski definition) is 5. The zero-order valence-corrected chi connectivity index (χ0v) is 16.0. The molecule has 1 aromatic carbocycles. The number of nitrogens with zero attached hydrogens (tertiary/aromatic N) is 2. The van der Waals surface area contributed by atoms with E-state index in [2.05, 4.69) is 10.4 Å². The fraction of sp³-hybridized carbons (Fsp3) is 0.294. The average molecular weight is 414 g/mol. The molecule has 2 rings (SSSR count). The smallest absolute Gasteiger partial charge is 0.322 e. The first kappa shape index (κ1) is 20.7. The van der Waals surface area contributed by atoms with Crippen LogP contribution in [0.25, 0.3) is 0 Å². The van der Waals surface area contributed by atoms with Gasteiger partial charge in [0.25, 0.3) is 11.5 Å². The van der Waals surface area contributed by atoms with E-state index in [1.165, 1.54) is 0 Å². The second-order valence-electron chi connectivity index (χ2n) is 6.00. The minimum absolute atomic E-state index is 0.109. The van der Waals surface area contributed by atoms with Crippen LogP contribution in [-0.4, -0.2) is 38.4 Å². The van der Waals surface area contributed by atoms with Gasteiger partial charge in [0.05, 0.1) is 6.54 Å². The SMILES string of the molecule is CC(C)c1nn(Cc2c(Cl)cccc2Cl)c(=O)c(C(=O)NCC(=O)O)c1O. The Morgan fingerprint density at radius 2 is 1.85 bits per heavy atom. The Morgan fingerprint density at radius 3 is 2.37 bits per heavy atom. The fourth-order valence-electron chi connectivity index (χ4n) is 2.36. The zero-order chi connectivity index (χ0) is 20.3. The molecule has 27 heavy (non-hydrogen) atoms. The van der Waals surface area contributed by atoms with Gasteiger partial charge in [-0.3, -0.25) is 14.4 Å². The number of carbonyl (C=O) groups is 2. The molecule has 0 atom stereocenters. The first-order valence-electron chi connectivity index (χ1n) is 7.90. The predicted octanol–water partition coefficient (Wildman–Crippen LogP) is 2.24. The third-order valence-corrected chi connectivity index (χ3v) is 4.41. The van der Waals surface area contributed by atoms with Crippen molar-refractivity contribution in [2.24, 2.45) is 0 Å². The van der Waals surface area contributed by atoms with Crippen LogP contribution in [0.4, 0.5) is 0 Å². The third kappa shape index (κ3) is 4.58. The predicted molar refractivity (Wildman–Crippen MR) is 99.8 cm³/mol. The van der Waals surface area contributed by atoms with Gasteiger partial charge in [-0.25, -0.2) is 4.68 Å². The maximum absolute atomic E-state index is 12.7. The summed E-state index contributed by atoms with van der Waals surface area (Å²) in [6.45, 7) is 2.61. The number of halogens is 2. The Kier molecular flexibility index (Phi) is 6.45. The fourth-order valence-corrected chi connectivity index (χ4v) is 2.88. The molecule has 0 saturated carbocycles. The molecule has 2 aromatic rings. The van der Waals surface area contributed by atoms with Gasteiger partial charge in [0.1, 0.15) is 17.8 Å². The van der Waals surface area contributed by atoms with E-state index in [1.54, 1.807) is 32.0 Å². The molecular formula is C17H17Cl2N3O5. The molecule has 3 N–H and O–H groups in total. The second-order valence-corrected chi connectivity index (χ2v) is 6.82. The Hall–Kier alpha value is -2.58. The van der Waals surface area contributed by atoms with Crippen molar-refractivity contribution in [1.29, 1.82) is 0 Å². The van der Waals surface area contributed by atoms with Gasteiger partial charge in [-0.05, 0) is 12.1 Å². The molecule has 0 spiro atoms. The van der Waals surface area contributed by atoms with Gasteiger partial charge in [-0.2, -0.15) is 5.10 Å². The maximum atomic E-state index is 12.7. The molecule has 0 bridgehead atoms. The Balaban J connectivity index is 2.60. The average Bonchev–Trinajstić information content (AvgIpc) is 2.58. The summed E-state index contributed by atoms with van der Waals surface area (Å²) >= 11 is 12.3. The van der Waals surface area contributed by atoms with E-state index < -0.39 is 35.3 Å². The highest BCUT2D eigenvalue weighted by Crippen LogP contribution is 2.27. The standard InChI is InChI=1S/C17H17Cl2N3O5/c1-8(2)14-15(25)13(16(26)20-6-12(23)24)17(27)22(21-14)7-9-10(18)4-3-5-11(9)19/h3-5,8,25H,6-7H2,1-2H3,(H,20,26)(H,23,24). The monoisotopic (exact) mass is 413 g/mol. The number of rotatable bonds is 6. The van der Waals surface area contributed by atoms with Crippen LogP contribution in [0.5, 0.6) is 5.75 Å². The lowest BCUT2D eigenvalue weighted by Gasteiger charge is -2.15. The maximum Gasteiger partial charge on any atom is 0.322 e. The molecule has 0 unspecified atom stereocenters. The number of aromatic hydroxyl groups is 1. The van der Waals surface area contributed by atoms with Crippen LogP contribution in [-0.2, 0) is 11.3 Å². The van der Waals surface area contributed by atoms with E-state index in [-0.39, 0.29) is 18.2 Å². The number of hydrogen-bond donors (Lipinski definition) is 3. The van der Waals surface area contributed by atoms with Crippen LogP contribution in [0, 0.1) is 0 Å². The lowest BCUT2D eigenvalue weighted by Crippen LogP contribution is -2.37. The van der Waals surface area contributed by atoms with Gasteiger partial charge in [0.2, 0.25) is 0 Å². The summed E-state index contributed by atoms with van der Waals surface area (Å²) in [4.78, 5) is 35.7. The van der Waals surface area contributed by atoms with E-state index in [4.69, 9.17) is 28.3 Å². The van der Waals surface area contributed by atoms with Crippen LogP contribution < -0.4 is 10.9 Å². The van der Waals surface area contributed by atoms with Crippen molar-refractivity contribution >= 4 is 35.1 Å². The zero-order valence-electron chi connectivity index (χ0n) is 14.5. The highest BCUT2D eigenvalue weighted by Gasteiger charge is 2.25. The summed E-state index contributed by atoms with van der Waals surface area (Å²) in [7, 11) is 0. The normalized spacial score (nSPS) is 10.9. The Bertz CT molecular complexity index is 936. The van der Waals surface area contributed by atoms with E-state index >= 15 is 0 Å². The van der Waals surface area contributed by atoms with Crippen molar-refractivity contribution < 1.29 is 19.8 Å². The van der Waals surface area contributed by atoms with Crippen molar-refractivity contribution in [2.45, 2.75) is 26.3 Å². The molecule has 1 heterocycles. The number of benzene rings is 1. The quantitative estimate of drug-likeness (QED) is 0.667. The van der Waals surface area contributed by atoms with Crippen LogP contribution in [0.2, 0.25) is 10.0 Å². The van der Waals surface area contributed by atoms with Gasteiger partial charge in [0.15, 0.2) is 5.75 Å². The number of amides is 1. The summed E-state index contributed by atoms with van der Waals surface area (Å²) in [6, 6.07) is 4.83. The van der Waals surface area contributed by atoms with E-state index in [9.17, 15) is 19.5 Å². The molecule has 0 radical (unpaired) electrons.